The molecule has 1 aromatic carbocycles. The maximum Gasteiger partial charge on any atom is 0.224 e. The van der Waals surface area contributed by atoms with Crippen molar-refractivity contribution in [3.63, 3.8) is 0 Å². The van der Waals surface area contributed by atoms with E-state index in [1.165, 1.54) is 0 Å². The molecule has 122 valence electrons. The van der Waals surface area contributed by atoms with Gasteiger partial charge in [-0.3, -0.25) is 9.78 Å². The third-order valence-electron chi connectivity index (χ3n) is 3.72. The monoisotopic (exact) mass is 321 g/mol. The SMILES string of the molecule is CCC(=O)Nc1ccc(-c2ccncc2)c(CN2C=COC=C2)c1. The number of ether oxygens (including phenoxy) is 1. The molecule has 1 aliphatic rings. The summed E-state index contributed by atoms with van der Waals surface area (Å²) >= 11 is 0. The van der Waals surface area contributed by atoms with E-state index in [1.54, 1.807) is 24.9 Å². The topological polar surface area (TPSA) is 54.5 Å². The Morgan fingerprint density at radius 2 is 1.92 bits per heavy atom. The Labute approximate surface area is 141 Å². The lowest BCUT2D eigenvalue weighted by Crippen LogP contribution is -2.13. The van der Waals surface area contributed by atoms with E-state index in [4.69, 9.17) is 4.74 Å². The summed E-state index contributed by atoms with van der Waals surface area (Å²) in [6.45, 7) is 2.51. The molecule has 0 saturated heterocycles. The Bertz CT molecular complexity index is 757. The van der Waals surface area contributed by atoms with E-state index >= 15 is 0 Å². The molecule has 2 aromatic rings. The molecule has 1 aromatic heterocycles. The van der Waals surface area contributed by atoms with Gasteiger partial charge < -0.3 is 15.0 Å². The maximum atomic E-state index is 11.7. The van der Waals surface area contributed by atoms with Gasteiger partial charge in [0, 0.05) is 43.4 Å². The highest BCUT2D eigenvalue weighted by atomic mass is 16.5. The standard InChI is InChI=1S/C19H19N3O2/c1-2-19(23)21-17-3-4-18(15-5-7-20-8-6-15)16(13-17)14-22-9-11-24-12-10-22/h3-13H,2,14H2,1H3,(H,21,23). The second-order valence-corrected chi connectivity index (χ2v) is 5.39. The summed E-state index contributed by atoms with van der Waals surface area (Å²) in [6, 6.07) is 9.93. The second kappa shape index (κ2) is 7.46. The highest BCUT2D eigenvalue weighted by molar-refractivity contribution is 5.91. The lowest BCUT2D eigenvalue weighted by molar-refractivity contribution is -0.115. The largest absolute Gasteiger partial charge is 0.470 e. The number of nitrogens with one attached hydrogen (secondary N) is 1. The van der Waals surface area contributed by atoms with Crippen LogP contribution < -0.4 is 5.32 Å². The van der Waals surface area contributed by atoms with Gasteiger partial charge in [0.1, 0.15) is 12.5 Å². The van der Waals surface area contributed by atoms with Gasteiger partial charge in [-0.25, -0.2) is 0 Å². The van der Waals surface area contributed by atoms with Gasteiger partial charge in [-0.05, 0) is 41.0 Å². The Hall–Kier alpha value is -3.08. The molecule has 0 fully saturated rings. The minimum absolute atomic E-state index is 0.00350. The van der Waals surface area contributed by atoms with Crippen LogP contribution >= 0.6 is 0 Å². The Balaban J connectivity index is 1.94. The molecule has 5 heteroatoms. The van der Waals surface area contributed by atoms with Crippen LogP contribution in [0, 0.1) is 0 Å². The van der Waals surface area contributed by atoms with Gasteiger partial charge in [-0.15, -0.1) is 0 Å². The normalized spacial score (nSPS) is 12.8. The maximum absolute atomic E-state index is 11.7. The number of hydrogen-bond acceptors (Lipinski definition) is 4. The van der Waals surface area contributed by atoms with Gasteiger partial charge in [-0.1, -0.05) is 13.0 Å². The highest BCUT2D eigenvalue weighted by Crippen LogP contribution is 2.28. The van der Waals surface area contributed by atoms with Crippen molar-refractivity contribution in [3.8, 4) is 11.1 Å². The molecule has 0 bridgehead atoms. The molecule has 2 heterocycles. The van der Waals surface area contributed by atoms with Crippen molar-refractivity contribution in [2.24, 2.45) is 0 Å². The minimum Gasteiger partial charge on any atom is -0.470 e. The zero-order valence-electron chi connectivity index (χ0n) is 13.5. The van der Waals surface area contributed by atoms with E-state index in [1.807, 2.05) is 54.6 Å². The molecule has 1 amide bonds. The van der Waals surface area contributed by atoms with Crippen molar-refractivity contribution in [2.45, 2.75) is 19.9 Å². The first-order chi connectivity index (χ1) is 11.8. The minimum atomic E-state index is 0.00350. The van der Waals surface area contributed by atoms with Crippen LogP contribution in [-0.2, 0) is 16.1 Å². The van der Waals surface area contributed by atoms with Crippen molar-refractivity contribution in [1.29, 1.82) is 0 Å². The van der Waals surface area contributed by atoms with Crippen LogP contribution in [0.25, 0.3) is 11.1 Å². The van der Waals surface area contributed by atoms with E-state index in [0.717, 1.165) is 22.4 Å². The summed E-state index contributed by atoms with van der Waals surface area (Å²) in [6.07, 6.45) is 11.0. The Morgan fingerprint density at radius 3 is 2.62 bits per heavy atom. The van der Waals surface area contributed by atoms with Crippen LogP contribution in [0.2, 0.25) is 0 Å². The summed E-state index contributed by atoms with van der Waals surface area (Å²) in [5, 5.41) is 2.92. The third kappa shape index (κ3) is 3.81. The van der Waals surface area contributed by atoms with Gasteiger partial charge in [0.2, 0.25) is 5.91 Å². The lowest BCUT2D eigenvalue weighted by Gasteiger charge is -2.20. The predicted octanol–water partition coefficient (Wildman–Crippen LogP) is 3.87. The van der Waals surface area contributed by atoms with E-state index in [9.17, 15) is 4.79 Å². The van der Waals surface area contributed by atoms with E-state index in [0.29, 0.717) is 13.0 Å². The van der Waals surface area contributed by atoms with Crippen molar-refractivity contribution in [2.75, 3.05) is 5.32 Å². The average Bonchev–Trinajstić information content (AvgIpc) is 2.63. The number of pyridine rings is 1. The molecule has 1 aliphatic heterocycles. The van der Waals surface area contributed by atoms with Crippen LogP contribution in [0.4, 0.5) is 5.69 Å². The fourth-order valence-electron chi connectivity index (χ4n) is 2.49. The number of rotatable bonds is 5. The van der Waals surface area contributed by atoms with Crippen LogP contribution in [0.3, 0.4) is 0 Å². The van der Waals surface area contributed by atoms with Gasteiger partial charge in [0.15, 0.2) is 0 Å². The molecule has 24 heavy (non-hydrogen) atoms. The summed E-state index contributed by atoms with van der Waals surface area (Å²) in [7, 11) is 0. The molecule has 0 aliphatic carbocycles. The average molecular weight is 321 g/mol. The van der Waals surface area contributed by atoms with Crippen molar-refractivity contribution >= 4 is 11.6 Å². The molecule has 0 spiro atoms. The number of benzene rings is 1. The summed E-state index contributed by atoms with van der Waals surface area (Å²) in [5.74, 6) is 0.00350. The van der Waals surface area contributed by atoms with Crippen LogP contribution in [-0.4, -0.2) is 15.8 Å². The molecule has 1 N–H and O–H groups in total. The number of amides is 1. The van der Waals surface area contributed by atoms with Crippen LogP contribution in [0.1, 0.15) is 18.9 Å². The van der Waals surface area contributed by atoms with Gasteiger partial charge in [0.05, 0.1) is 0 Å². The molecule has 0 saturated carbocycles. The van der Waals surface area contributed by atoms with Crippen molar-refractivity contribution in [3.05, 3.63) is 73.2 Å². The van der Waals surface area contributed by atoms with Crippen molar-refractivity contribution < 1.29 is 9.53 Å². The summed E-state index contributed by atoms with van der Waals surface area (Å²) in [4.78, 5) is 17.8. The quantitative estimate of drug-likeness (QED) is 0.908. The number of nitrogens with zero attached hydrogens (tertiary/aromatic N) is 2. The molecule has 3 rings (SSSR count). The smallest absolute Gasteiger partial charge is 0.224 e. The Kier molecular flexibility index (Phi) is 4.91. The zero-order chi connectivity index (χ0) is 16.8. The molecule has 5 nitrogen and oxygen atoms in total. The molecule has 0 atom stereocenters. The lowest BCUT2D eigenvalue weighted by atomic mass is 9.99. The van der Waals surface area contributed by atoms with Gasteiger partial charge in [0.25, 0.3) is 0 Å². The predicted molar refractivity (Wildman–Crippen MR) is 93.5 cm³/mol. The number of aromatic nitrogens is 1. The molecular weight excluding hydrogens is 302 g/mol. The summed E-state index contributed by atoms with van der Waals surface area (Å²) in [5.41, 5.74) is 4.11. The molecular formula is C19H19N3O2. The fourth-order valence-corrected chi connectivity index (χ4v) is 2.49. The van der Waals surface area contributed by atoms with Crippen LogP contribution in [0.15, 0.2) is 67.6 Å². The number of carbonyl (C=O) groups excluding carboxylic acids is 1. The first-order valence-electron chi connectivity index (χ1n) is 7.84. The summed E-state index contributed by atoms with van der Waals surface area (Å²) < 4.78 is 5.08. The first-order valence-corrected chi connectivity index (χ1v) is 7.84. The fraction of sp³-hybridized carbons (Fsp3) is 0.158. The number of anilines is 1. The highest BCUT2D eigenvalue weighted by Gasteiger charge is 2.10. The second-order valence-electron chi connectivity index (χ2n) is 5.39. The first kappa shape index (κ1) is 15.8. The van der Waals surface area contributed by atoms with E-state index in [-0.39, 0.29) is 5.91 Å². The molecule has 0 unspecified atom stereocenters. The van der Waals surface area contributed by atoms with Gasteiger partial charge in [-0.2, -0.15) is 0 Å². The van der Waals surface area contributed by atoms with Crippen molar-refractivity contribution in [1.82, 2.24) is 9.88 Å². The third-order valence-corrected chi connectivity index (χ3v) is 3.72. The number of carbonyl (C=O) groups is 1. The Morgan fingerprint density at radius 1 is 1.17 bits per heavy atom. The number of hydrogen-bond donors (Lipinski definition) is 1. The van der Waals surface area contributed by atoms with E-state index in [2.05, 4.69) is 10.3 Å². The zero-order valence-corrected chi connectivity index (χ0v) is 13.5. The van der Waals surface area contributed by atoms with Crippen LogP contribution in [0.5, 0.6) is 0 Å². The van der Waals surface area contributed by atoms with E-state index < -0.39 is 0 Å². The molecule has 0 radical (unpaired) electrons. The van der Waals surface area contributed by atoms with Gasteiger partial charge >= 0.3 is 0 Å².